The van der Waals surface area contributed by atoms with Gasteiger partial charge in [0.15, 0.2) is 6.29 Å². The summed E-state index contributed by atoms with van der Waals surface area (Å²) in [6.45, 7) is 3.41. The molecule has 0 bridgehead atoms. The summed E-state index contributed by atoms with van der Waals surface area (Å²) >= 11 is 0. The molecule has 0 saturated carbocycles. The lowest BCUT2D eigenvalue weighted by Crippen LogP contribution is -2.60. The van der Waals surface area contributed by atoms with Crippen molar-refractivity contribution >= 4 is 5.91 Å². The summed E-state index contributed by atoms with van der Waals surface area (Å²) in [6.07, 6.45) is 49.6. The van der Waals surface area contributed by atoms with E-state index in [1.165, 1.54) is 186 Å². The molecule has 1 heterocycles. The standard InChI is InChI=1S/C60H113NO10/c1-3-5-7-9-11-13-15-16-17-18-19-20-21-22-23-24-25-26-27-28-29-30-31-32-33-34-35-36-37-38-40-42-44-46-48-53(64)59(69)61-51(50-70-60-58(68)57(67)56(66)54(49-62)71-60)55(65)52(63)47-45-43-41-39-14-12-10-8-6-4-2/h21-22,24-25,39,41,51-58,60,62-68H,3-20,23,26-38,40,42-50H2,1-2H3,(H,61,69)/b22-21-,25-24-,41-39+. The molecule has 9 unspecified atom stereocenters. The van der Waals surface area contributed by atoms with Gasteiger partial charge in [-0.15, -0.1) is 0 Å². The number of aliphatic hydroxyl groups excluding tert-OH is 7. The van der Waals surface area contributed by atoms with E-state index in [4.69, 9.17) is 9.47 Å². The molecule has 1 aliphatic heterocycles. The quantitative estimate of drug-likeness (QED) is 0.0215. The highest BCUT2D eigenvalue weighted by atomic mass is 16.7. The molecule has 0 aromatic rings. The third-order valence-corrected chi connectivity index (χ3v) is 14.4. The van der Waals surface area contributed by atoms with Crippen molar-refractivity contribution in [2.24, 2.45) is 0 Å². The van der Waals surface area contributed by atoms with Gasteiger partial charge in [0.2, 0.25) is 5.91 Å². The van der Waals surface area contributed by atoms with Crippen LogP contribution in [0.2, 0.25) is 0 Å². The number of nitrogens with one attached hydrogen (secondary N) is 1. The second-order valence-corrected chi connectivity index (χ2v) is 21.1. The van der Waals surface area contributed by atoms with Gasteiger partial charge in [0.05, 0.1) is 25.4 Å². The molecule has 1 rings (SSSR count). The molecule has 11 heteroatoms. The van der Waals surface area contributed by atoms with Crippen LogP contribution >= 0.6 is 0 Å². The van der Waals surface area contributed by atoms with E-state index in [0.29, 0.717) is 12.8 Å². The van der Waals surface area contributed by atoms with Crippen molar-refractivity contribution < 1.29 is 50.0 Å². The van der Waals surface area contributed by atoms with Gasteiger partial charge in [0, 0.05) is 0 Å². The van der Waals surface area contributed by atoms with Crippen LogP contribution in [0.25, 0.3) is 0 Å². The average Bonchev–Trinajstić information content (AvgIpc) is 3.37. The van der Waals surface area contributed by atoms with Crippen molar-refractivity contribution in [2.75, 3.05) is 13.2 Å². The summed E-state index contributed by atoms with van der Waals surface area (Å²) in [7, 11) is 0. The van der Waals surface area contributed by atoms with Gasteiger partial charge < -0.3 is 50.5 Å². The minimum atomic E-state index is -1.67. The Bertz CT molecular complexity index is 1250. The van der Waals surface area contributed by atoms with Crippen LogP contribution in [0.15, 0.2) is 36.5 Å². The van der Waals surface area contributed by atoms with E-state index in [1.807, 2.05) is 0 Å². The highest BCUT2D eigenvalue weighted by Crippen LogP contribution is 2.23. The lowest BCUT2D eigenvalue weighted by molar-refractivity contribution is -0.303. The Balaban J connectivity index is 2.15. The average molecular weight is 1010 g/mol. The number of hydrogen-bond acceptors (Lipinski definition) is 10. The first-order valence-electron chi connectivity index (χ1n) is 29.9. The number of unbranched alkanes of at least 4 members (excludes halogenated alkanes) is 33. The number of hydrogen-bond donors (Lipinski definition) is 8. The molecule has 0 spiro atoms. The molecule has 8 N–H and O–H groups in total. The number of rotatable bonds is 51. The second kappa shape index (κ2) is 49.2. The van der Waals surface area contributed by atoms with Crippen LogP contribution in [-0.4, -0.2) is 110 Å². The maximum Gasteiger partial charge on any atom is 0.249 e. The normalized spacial score (nSPS) is 20.4. The number of aliphatic hydroxyl groups is 7. The molecule has 0 aliphatic carbocycles. The van der Waals surface area contributed by atoms with E-state index in [9.17, 15) is 40.5 Å². The number of amides is 1. The minimum absolute atomic E-state index is 0.255. The molecule has 71 heavy (non-hydrogen) atoms. The van der Waals surface area contributed by atoms with Crippen LogP contribution in [0, 0.1) is 0 Å². The molecule has 1 saturated heterocycles. The predicted octanol–water partition coefficient (Wildman–Crippen LogP) is 12.7. The summed E-state index contributed by atoms with van der Waals surface area (Å²) in [5, 5.41) is 75.8. The third kappa shape index (κ3) is 37.7. The lowest BCUT2D eigenvalue weighted by Gasteiger charge is -2.40. The van der Waals surface area contributed by atoms with E-state index >= 15 is 0 Å². The maximum atomic E-state index is 13.1. The maximum absolute atomic E-state index is 13.1. The molecule has 1 aliphatic rings. The second-order valence-electron chi connectivity index (χ2n) is 21.1. The van der Waals surface area contributed by atoms with E-state index in [-0.39, 0.29) is 12.8 Å². The summed E-state index contributed by atoms with van der Waals surface area (Å²) in [4.78, 5) is 13.1. The molecular weight excluding hydrogens is 895 g/mol. The Morgan fingerprint density at radius 3 is 1.30 bits per heavy atom. The number of allylic oxidation sites excluding steroid dienone is 6. The van der Waals surface area contributed by atoms with E-state index < -0.39 is 74.2 Å². The SMILES string of the molecule is CCCCCCC/C=C/CCCC(O)C(O)C(COC1OC(CO)C(O)C(O)C1O)NC(=O)C(O)CCCCCCCCCCCCCCCCCC/C=C\C/C=C\CCCCCCCCCCCCC. The number of carbonyl (C=O) groups is 1. The minimum Gasteiger partial charge on any atom is -0.394 e. The number of carbonyl (C=O) groups excluding carboxylic acids is 1. The van der Waals surface area contributed by atoms with Crippen LogP contribution in [-0.2, 0) is 14.3 Å². The fourth-order valence-electron chi connectivity index (χ4n) is 9.53. The van der Waals surface area contributed by atoms with Gasteiger partial charge in [-0.1, -0.05) is 237 Å². The lowest BCUT2D eigenvalue weighted by atomic mass is 9.98. The summed E-state index contributed by atoms with van der Waals surface area (Å²) in [5.74, 6) is -0.706. The van der Waals surface area contributed by atoms with Crippen LogP contribution < -0.4 is 5.32 Å². The van der Waals surface area contributed by atoms with E-state index in [1.54, 1.807) is 0 Å². The van der Waals surface area contributed by atoms with Gasteiger partial charge in [-0.2, -0.15) is 0 Å². The van der Waals surface area contributed by atoms with Crippen LogP contribution in [0.4, 0.5) is 0 Å². The molecule has 0 aromatic carbocycles. The van der Waals surface area contributed by atoms with Gasteiger partial charge in [0.25, 0.3) is 0 Å². The van der Waals surface area contributed by atoms with Crippen LogP contribution in [0.3, 0.4) is 0 Å². The predicted molar refractivity (Wildman–Crippen MR) is 293 cm³/mol. The topological polar surface area (TPSA) is 189 Å². The van der Waals surface area contributed by atoms with Crippen molar-refractivity contribution in [2.45, 2.75) is 326 Å². The Kier molecular flexibility index (Phi) is 46.7. The smallest absolute Gasteiger partial charge is 0.249 e. The molecule has 1 fully saturated rings. The first-order chi connectivity index (χ1) is 34.7. The fourth-order valence-corrected chi connectivity index (χ4v) is 9.53. The van der Waals surface area contributed by atoms with Crippen molar-refractivity contribution in [1.82, 2.24) is 5.32 Å². The first kappa shape index (κ1) is 67.3. The summed E-state index contributed by atoms with van der Waals surface area (Å²) < 4.78 is 11.1. The number of ether oxygens (including phenoxy) is 2. The third-order valence-electron chi connectivity index (χ3n) is 14.4. The van der Waals surface area contributed by atoms with Gasteiger partial charge in [-0.25, -0.2) is 0 Å². The molecule has 418 valence electrons. The zero-order valence-electron chi connectivity index (χ0n) is 45.7. The zero-order chi connectivity index (χ0) is 51.8. The molecule has 1 amide bonds. The largest absolute Gasteiger partial charge is 0.394 e. The van der Waals surface area contributed by atoms with Crippen LogP contribution in [0.5, 0.6) is 0 Å². The Morgan fingerprint density at radius 1 is 0.493 bits per heavy atom. The molecule has 11 nitrogen and oxygen atoms in total. The first-order valence-corrected chi connectivity index (χ1v) is 29.9. The van der Waals surface area contributed by atoms with E-state index in [0.717, 1.165) is 44.9 Å². The highest BCUT2D eigenvalue weighted by Gasteiger charge is 2.44. The van der Waals surface area contributed by atoms with Gasteiger partial charge >= 0.3 is 0 Å². The fraction of sp³-hybridized carbons (Fsp3) is 0.883. The monoisotopic (exact) mass is 1010 g/mol. The Morgan fingerprint density at radius 2 is 0.873 bits per heavy atom. The highest BCUT2D eigenvalue weighted by molar-refractivity contribution is 5.80. The van der Waals surface area contributed by atoms with Gasteiger partial charge in [-0.3, -0.25) is 4.79 Å². The van der Waals surface area contributed by atoms with Gasteiger partial charge in [-0.05, 0) is 70.6 Å². The molecule has 9 atom stereocenters. The van der Waals surface area contributed by atoms with Crippen molar-refractivity contribution in [3.05, 3.63) is 36.5 Å². The van der Waals surface area contributed by atoms with Crippen molar-refractivity contribution in [3.63, 3.8) is 0 Å². The van der Waals surface area contributed by atoms with Crippen molar-refractivity contribution in [1.29, 1.82) is 0 Å². The Hall–Kier alpha value is -1.67. The van der Waals surface area contributed by atoms with Gasteiger partial charge in [0.1, 0.15) is 36.6 Å². The summed E-state index contributed by atoms with van der Waals surface area (Å²) in [5.41, 5.74) is 0. The summed E-state index contributed by atoms with van der Waals surface area (Å²) in [6, 6.07) is -1.18. The molecule has 0 radical (unpaired) electrons. The van der Waals surface area contributed by atoms with Crippen LogP contribution in [0.1, 0.15) is 271 Å². The molecular formula is C60H113NO10. The zero-order valence-corrected chi connectivity index (χ0v) is 45.7. The molecule has 0 aromatic heterocycles. The Labute approximate surface area is 435 Å². The van der Waals surface area contributed by atoms with E-state index in [2.05, 4.69) is 55.6 Å². The van der Waals surface area contributed by atoms with Crippen molar-refractivity contribution in [3.8, 4) is 0 Å².